The number of hydrogen-bond donors (Lipinski definition) is 2. The first-order valence-corrected chi connectivity index (χ1v) is 6.06. The van der Waals surface area contributed by atoms with Crippen LogP contribution in [0.4, 0.5) is 0 Å². The summed E-state index contributed by atoms with van der Waals surface area (Å²) in [7, 11) is 1.55. The molecule has 0 saturated heterocycles. The first-order chi connectivity index (χ1) is 9.15. The fraction of sp³-hybridized carbons (Fsp3) is 0.286. The van der Waals surface area contributed by atoms with E-state index in [1.165, 1.54) is 0 Å². The van der Waals surface area contributed by atoms with Crippen LogP contribution in [-0.4, -0.2) is 29.7 Å². The Morgan fingerprint density at radius 3 is 2.84 bits per heavy atom. The Morgan fingerprint density at radius 1 is 1.42 bits per heavy atom. The quantitative estimate of drug-likeness (QED) is 0.856. The summed E-state index contributed by atoms with van der Waals surface area (Å²) in [5.74, 6) is -0.346. The number of nitrogens with zero attached hydrogens (tertiary/aromatic N) is 1. The maximum atomic E-state index is 11.3. The summed E-state index contributed by atoms with van der Waals surface area (Å²) in [6.45, 7) is 0.560. The van der Waals surface area contributed by atoms with Gasteiger partial charge in [-0.3, -0.25) is 4.98 Å². The summed E-state index contributed by atoms with van der Waals surface area (Å²) in [5, 5.41) is 9.89. The standard InChI is InChI=1S/C14H16N2O3/c1-19-10-4-5-13-11(8-10)12(14(17)18)7-9(16-13)3-2-6-15/h4-5,7-8H,2-3,6,15H2,1H3,(H,17,18). The summed E-state index contributed by atoms with van der Waals surface area (Å²) in [5.41, 5.74) is 7.12. The molecule has 1 aromatic carbocycles. The predicted molar refractivity (Wildman–Crippen MR) is 72.6 cm³/mol. The molecule has 0 amide bonds. The Balaban J connectivity index is 2.58. The van der Waals surface area contributed by atoms with Gasteiger partial charge in [0.25, 0.3) is 0 Å². The molecule has 2 rings (SSSR count). The number of ether oxygens (including phenoxy) is 1. The molecule has 0 unspecified atom stereocenters. The van der Waals surface area contributed by atoms with Crippen molar-refractivity contribution in [2.45, 2.75) is 12.8 Å². The highest BCUT2D eigenvalue weighted by atomic mass is 16.5. The van der Waals surface area contributed by atoms with Crippen molar-refractivity contribution in [1.82, 2.24) is 4.98 Å². The second kappa shape index (κ2) is 5.67. The van der Waals surface area contributed by atoms with Crippen LogP contribution in [0.5, 0.6) is 5.75 Å². The minimum atomic E-state index is -0.963. The maximum Gasteiger partial charge on any atom is 0.336 e. The lowest BCUT2D eigenvalue weighted by molar-refractivity contribution is 0.0699. The minimum absolute atomic E-state index is 0.246. The summed E-state index contributed by atoms with van der Waals surface area (Å²) in [6, 6.07) is 6.85. The van der Waals surface area contributed by atoms with Crippen molar-refractivity contribution < 1.29 is 14.6 Å². The van der Waals surface area contributed by atoms with Crippen molar-refractivity contribution in [2.75, 3.05) is 13.7 Å². The Morgan fingerprint density at radius 2 is 2.21 bits per heavy atom. The number of aryl methyl sites for hydroxylation is 1. The number of methoxy groups -OCH3 is 1. The topological polar surface area (TPSA) is 85.4 Å². The monoisotopic (exact) mass is 260 g/mol. The van der Waals surface area contributed by atoms with Crippen LogP contribution in [0.25, 0.3) is 10.9 Å². The Kier molecular flexibility index (Phi) is 3.97. The first kappa shape index (κ1) is 13.3. The van der Waals surface area contributed by atoms with E-state index in [4.69, 9.17) is 10.5 Å². The molecule has 0 radical (unpaired) electrons. The van der Waals surface area contributed by atoms with Gasteiger partial charge in [0, 0.05) is 11.1 Å². The number of hydrogen-bond acceptors (Lipinski definition) is 4. The highest BCUT2D eigenvalue weighted by Gasteiger charge is 2.12. The molecule has 0 spiro atoms. The number of aromatic carboxylic acids is 1. The van der Waals surface area contributed by atoms with Crippen LogP contribution in [0.1, 0.15) is 22.5 Å². The molecular formula is C14H16N2O3. The second-order valence-corrected chi connectivity index (χ2v) is 4.24. The first-order valence-electron chi connectivity index (χ1n) is 6.06. The number of fused-ring (bicyclic) bond motifs is 1. The van der Waals surface area contributed by atoms with Crippen molar-refractivity contribution in [1.29, 1.82) is 0 Å². The van der Waals surface area contributed by atoms with Crippen molar-refractivity contribution in [3.05, 3.63) is 35.5 Å². The number of benzene rings is 1. The molecule has 5 nitrogen and oxygen atoms in total. The van der Waals surface area contributed by atoms with Gasteiger partial charge in [-0.05, 0) is 43.7 Å². The summed E-state index contributed by atoms with van der Waals surface area (Å²) in [6.07, 6.45) is 1.46. The third kappa shape index (κ3) is 2.82. The van der Waals surface area contributed by atoms with Crippen molar-refractivity contribution >= 4 is 16.9 Å². The molecule has 0 atom stereocenters. The van der Waals surface area contributed by atoms with Crippen molar-refractivity contribution in [3.63, 3.8) is 0 Å². The SMILES string of the molecule is COc1ccc2nc(CCCN)cc(C(=O)O)c2c1. The molecule has 100 valence electrons. The van der Waals surface area contributed by atoms with Gasteiger partial charge in [-0.2, -0.15) is 0 Å². The van der Waals surface area contributed by atoms with Crippen LogP contribution < -0.4 is 10.5 Å². The van der Waals surface area contributed by atoms with Crippen LogP contribution in [0, 0.1) is 0 Å². The van der Waals surface area contributed by atoms with Crippen LogP contribution in [0.15, 0.2) is 24.3 Å². The van der Waals surface area contributed by atoms with Crippen LogP contribution >= 0.6 is 0 Å². The Labute approximate surface area is 111 Å². The second-order valence-electron chi connectivity index (χ2n) is 4.24. The van der Waals surface area contributed by atoms with E-state index < -0.39 is 5.97 Å². The number of aromatic nitrogens is 1. The Bertz CT molecular complexity index is 611. The zero-order valence-corrected chi connectivity index (χ0v) is 10.7. The van der Waals surface area contributed by atoms with E-state index in [1.54, 1.807) is 31.4 Å². The summed E-state index contributed by atoms with van der Waals surface area (Å²) >= 11 is 0. The molecule has 5 heteroatoms. The fourth-order valence-corrected chi connectivity index (χ4v) is 1.97. The number of carboxylic acids is 1. The number of nitrogens with two attached hydrogens (primary N) is 1. The number of rotatable bonds is 5. The van der Waals surface area contributed by atoms with E-state index >= 15 is 0 Å². The molecule has 0 bridgehead atoms. The normalized spacial score (nSPS) is 10.6. The zero-order chi connectivity index (χ0) is 13.8. The minimum Gasteiger partial charge on any atom is -0.497 e. The van der Waals surface area contributed by atoms with Gasteiger partial charge in [0.2, 0.25) is 0 Å². The average molecular weight is 260 g/mol. The molecule has 2 aromatic rings. The molecular weight excluding hydrogens is 244 g/mol. The van der Waals surface area contributed by atoms with Gasteiger partial charge in [-0.25, -0.2) is 4.79 Å². The zero-order valence-electron chi connectivity index (χ0n) is 10.7. The van der Waals surface area contributed by atoms with E-state index in [0.717, 1.165) is 12.1 Å². The number of pyridine rings is 1. The molecule has 0 saturated carbocycles. The molecule has 19 heavy (non-hydrogen) atoms. The number of carbonyl (C=O) groups is 1. The van der Waals surface area contributed by atoms with Crippen molar-refractivity contribution in [3.8, 4) is 5.75 Å². The summed E-state index contributed by atoms with van der Waals surface area (Å²) < 4.78 is 5.11. The third-order valence-corrected chi connectivity index (χ3v) is 2.94. The molecule has 1 heterocycles. The summed E-state index contributed by atoms with van der Waals surface area (Å²) in [4.78, 5) is 15.8. The number of carboxylic acid groups (broad SMARTS) is 1. The molecule has 3 N–H and O–H groups in total. The van der Waals surface area contributed by atoms with E-state index in [9.17, 15) is 9.90 Å². The van der Waals surface area contributed by atoms with E-state index in [0.29, 0.717) is 29.6 Å². The van der Waals surface area contributed by atoms with Crippen LogP contribution in [0.2, 0.25) is 0 Å². The lowest BCUT2D eigenvalue weighted by Gasteiger charge is -2.08. The van der Waals surface area contributed by atoms with E-state index in [-0.39, 0.29) is 5.56 Å². The third-order valence-electron chi connectivity index (χ3n) is 2.94. The predicted octanol–water partition coefficient (Wildman–Crippen LogP) is 1.83. The lowest BCUT2D eigenvalue weighted by atomic mass is 10.1. The highest BCUT2D eigenvalue weighted by molar-refractivity contribution is 6.03. The Hall–Kier alpha value is -2.14. The average Bonchev–Trinajstić information content (AvgIpc) is 2.43. The molecule has 0 fully saturated rings. The highest BCUT2D eigenvalue weighted by Crippen LogP contribution is 2.24. The van der Waals surface area contributed by atoms with Gasteiger partial charge in [0.05, 0.1) is 18.2 Å². The van der Waals surface area contributed by atoms with Crippen molar-refractivity contribution in [2.24, 2.45) is 5.73 Å². The van der Waals surface area contributed by atoms with Crippen LogP contribution in [-0.2, 0) is 6.42 Å². The van der Waals surface area contributed by atoms with Gasteiger partial charge >= 0.3 is 5.97 Å². The van der Waals surface area contributed by atoms with E-state index in [1.807, 2.05) is 0 Å². The maximum absolute atomic E-state index is 11.3. The lowest BCUT2D eigenvalue weighted by Crippen LogP contribution is -2.05. The van der Waals surface area contributed by atoms with Gasteiger partial charge in [0.15, 0.2) is 0 Å². The van der Waals surface area contributed by atoms with Gasteiger partial charge < -0.3 is 15.6 Å². The molecule has 0 aliphatic heterocycles. The van der Waals surface area contributed by atoms with E-state index in [2.05, 4.69) is 4.98 Å². The van der Waals surface area contributed by atoms with Gasteiger partial charge in [-0.1, -0.05) is 0 Å². The molecule has 0 aliphatic rings. The fourth-order valence-electron chi connectivity index (χ4n) is 1.97. The van der Waals surface area contributed by atoms with Crippen LogP contribution in [0.3, 0.4) is 0 Å². The molecule has 1 aromatic heterocycles. The smallest absolute Gasteiger partial charge is 0.336 e. The largest absolute Gasteiger partial charge is 0.497 e. The van der Waals surface area contributed by atoms with Gasteiger partial charge in [0.1, 0.15) is 5.75 Å². The molecule has 0 aliphatic carbocycles. The van der Waals surface area contributed by atoms with Gasteiger partial charge in [-0.15, -0.1) is 0 Å².